The van der Waals surface area contributed by atoms with E-state index in [-0.39, 0.29) is 24.1 Å². The van der Waals surface area contributed by atoms with Gasteiger partial charge in [-0.25, -0.2) is 0 Å². The van der Waals surface area contributed by atoms with Crippen LogP contribution in [0.15, 0.2) is 53.3 Å². The van der Waals surface area contributed by atoms with E-state index < -0.39 is 0 Å². The van der Waals surface area contributed by atoms with Gasteiger partial charge in [0.15, 0.2) is 0 Å². The van der Waals surface area contributed by atoms with Crippen LogP contribution in [0, 0.1) is 6.92 Å². The van der Waals surface area contributed by atoms with Gasteiger partial charge in [0.1, 0.15) is 0 Å². The van der Waals surface area contributed by atoms with Crippen molar-refractivity contribution < 1.29 is 4.79 Å². The molecule has 2 heterocycles. The lowest BCUT2D eigenvalue weighted by atomic mass is 10.1. The minimum absolute atomic E-state index is 0.0796. The molecule has 1 aromatic heterocycles. The van der Waals surface area contributed by atoms with Crippen molar-refractivity contribution >= 4 is 39.8 Å². The number of aromatic nitrogens is 1. The Kier molecular flexibility index (Phi) is 5.68. The maximum absolute atomic E-state index is 12.8. The number of piperazine rings is 1. The summed E-state index contributed by atoms with van der Waals surface area (Å²) in [7, 11) is 0. The number of aromatic amines is 1. The Bertz CT molecular complexity index is 1140. The van der Waals surface area contributed by atoms with Gasteiger partial charge in [-0.05, 0) is 61.9 Å². The largest absolute Gasteiger partial charge is 0.376 e. The number of carbonyl (C=O) groups excluding carboxylic acids is 1. The molecule has 156 valence electrons. The van der Waals surface area contributed by atoms with E-state index in [1.54, 1.807) is 6.07 Å². The minimum Gasteiger partial charge on any atom is -0.376 e. The Morgan fingerprint density at radius 2 is 2.00 bits per heavy atom. The summed E-state index contributed by atoms with van der Waals surface area (Å²) in [5, 5.41) is 4.91. The number of halogens is 1. The van der Waals surface area contributed by atoms with Crippen molar-refractivity contribution in [1.29, 1.82) is 0 Å². The summed E-state index contributed by atoms with van der Waals surface area (Å²) in [4.78, 5) is 31.2. The first-order chi connectivity index (χ1) is 14.4. The number of amides is 1. The first-order valence-corrected chi connectivity index (χ1v) is 10.5. The molecule has 0 radical (unpaired) electrons. The zero-order chi connectivity index (χ0) is 21.3. The average molecular weight is 425 g/mol. The van der Waals surface area contributed by atoms with Crippen molar-refractivity contribution in [2.24, 2.45) is 0 Å². The van der Waals surface area contributed by atoms with E-state index in [1.165, 1.54) is 6.07 Å². The Morgan fingerprint density at radius 3 is 2.77 bits per heavy atom. The molecule has 1 aliphatic rings. The number of aryl methyl sites for hydroxylation is 1. The van der Waals surface area contributed by atoms with Gasteiger partial charge < -0.3 is 20.1 Å². The molecule has 2 aromatic carbocycles. The number of pyridine rings is 1. The highest BCUT2D eigenvalue weighted by molar-refractivity contribution is 6.31. The topological polar surface area (TPSA) is 68.4 Å². The second-order valence-corrected chi connectivity index (χ2v) is 8.20. The van der Waals surface area contributed by atoms with E-state index in [9.17, 15) is 9.59 Å². The number of fused-ring (bicyclic) bond motifs is 1. The van der Waals surface area contributed by atoms with Crippen molar-refractivity contribution in [2.75, 3.05) is 36.4 Å². The molecule has 2 N–H and O–H groups in total. The van der Waals surface area contributed by atoms with Gasteiger partial charge in [-0.3, -0.25) is 9.59 Å². The van der Waals surface area contributed by atoms with Crippen molar-refractivity contribution in [3.8, 4) is 0 Å². The first kappa shape index (κ1) is 20.3. The first-order valence-electron chi connectivity index (χ1n) is 10.1. The van der Waals surface area contributed by atoms with Gasteiger partial charge in [0.25, 0.3) is 0 Å². The summed E-state index contributed by atoms with van der Waals surface area (Å²) in [5.41, 5.74) is 3.71. The summed E-state index contributed by atoms with van der Waals surface area (Å²) < 4.78 is 0. The third kappa shape index (κ3) is 4.28. The molecule has 7 heteroatoms. The number of hydrogen-bond donors (Lipinski definition) is 2. The zero-order valence-corrected chi connectivity index (χ0v) is 17.9. The second kappa shape index (κ2) is 8.40. The van der Waals surface area contributed by atoms with E-state index >= 15 is 0 Å². The van der Waals surface area contributed by atoms with Crippen LogP contribution in [0.2, 0.25) is 5.02 Å². The molecule has 0 unspecified atom stereocenters. The third-order valence-corrected chi connectivity index (χ3v) is 6.05. The molecule has 4 rings (SSSR count). The SMILES string of the molecule is Cc1cc(N2CCN(C(=O)CNc3ccc4[nH]c(=O)ccc4c3)[C@H](C)C2)ccc1Cl. The summed E-state index contributed by atoms with van der Waals surface area (Å²) in [6.07, 6.45) is 0. The lowest BCUT2D eigenvalue weighted by Crippen LogP contribution is -2.55. The molecule has 0 spiro atoms. The molecular formula is C23H25ClN4O2. The highest BCUT2D eigenvalue weighted by Crippen LogP contribution is 2.25. The van der Waals surface area contributed by atoms with Crippen LogP contribution in [0.3, 0.4) is 0 Å². The normalized spacial score (nSPS) is 16.7. The fraction of sp³-hybridized carbons (Fsp3) is 0.304. The van der Waals surface area contributed by atoms with Gasteiger partial charge >= 0.3 is 0 Å². The summed E-state index contributed by atoms with van der Waals surface area (Å²) in [6.45, 7) is 6.59. The fourth-order valence-electron chi connectivity index (χ4n) is 3.93. The molecule has 1 aliphatic heterocycles. The van der Waals surface area contributed by atoms with Gasteiger partial charge in [0, 0.05) is 59.0 Å². The predicted octanol–water partition coefficient (Wildman–Crippen LogP) is 3.64. The van der Waals surface area contributed by atoms with E-state index in [0.29, 0.717) is 6.54 Å². The standard InChI is InChI=1S/C23H25ClN4O2/c1-15-11-19(5-6-20(15)24)27-9-10-28(16(2)14-27)23(30)13-25-18-4-7-21-17(12-18)3-8-22(29)26-21/h3-8,11-12,16,25H,9-10,13-14H2,1-2H3,(H,26,29)/t16-/m1/s1. The Hall–Kier alpha value is -2.99. The van der Waals surface area contributed by atoms with E-state index in [1.807, 2.05) is 42.2 Å². The van der Waals surface area contributed by atoms with Crippen LogP contribution >= 0.6 is 11.6 Å². The van der Waals surface area contributed by atoms with Crippen LogP contribution in [0.5, 0.6) is 0 Å². The van der Waals surface area contributed by atoms with Crippen LogP contribution in [0.25, 0.3) is 10.9 Å². The zero-order valence-electron chi connectivity index (χ0n) is 17.1. The summed E-state index contributed by atoms with van der Waals surface area (Å²) >= 11 is 6.14. The summed E-state index contributed by atoms with van der Waals surface area (Å²) in [6, 6.07) is 15.1. The van der Waals surface area contributed by atoms with Gasteiger partial charge in [-0.15, -0.1) is 0 Å². The molecule has 1 fully saturated rings. The number of H-pyrrole nitrogens is 1. The van der Waals surface area contributed by atoms with Gasteiger partial charge in [-0.1, -0.05) is 11.6 Å². The van der Waals surface area contributed by atoms with Gasteiger partial charge in [0.2, 0.25) is 11.5 Å². The molecular weight excluding hydrogens is 400 g/mol. The average Bonchev–Trinajstić information content (AvgIpc) is 2.73. The molecule has 1 atom stereocenters. The number of rotatable bonds is 4. The number of hydrogen-bond acceptors (Lipinski definition) is 4. The van der Waals surface area contributed by atoms with Crippen molar-refractivity contribution in [1.82, 2.24) is 9.88 Å². The highest BCUT2D eigenvalue weighted by Gasteiger charge is 2.27. The Labute approximate surface area is 180 Å². The Balaban J connectivity index is 1.36. The smallest absolute Gasteiger partial charge is 0.248 e. The highest BCUT2D eigenvalue weighted by atomic mass is 35.5. The molecule has 3 aromatic rings. The maximum Gasteiger partial charge on any atom is 0.248 e. The molecule has 0 bridgehead atoms. The van der Waals surface area contributed by atoms with E-state index in [0.717, 1.165) is 46.0 Å². The van der Waals surface area contributed by atoms with Gasteiger partial charge in [0.05, 0.1) is 6.54 Å². The lowest BCUT2D eigenvalue weighted by molar-refractivity contribution is -0.131. The molecule has 1 saturated heterocycles. The fourth-order valence-corrected chi connectivity index (χ4v) is 4.05. The second-order valence-electron chi connectivity index (χ2n) is 7.79. The minimum atomic E-state index is -0.125. The van der Waals surface area contributed by atoms with Crippen molar-refractivity contribution in [2.45, 2.75) is 19.9 Å². The van der Waals surface area contributed by atoms with Crippen molar-refractivity contribution in [3.63, 3.8) is 0 Å². The van der Waals surface area contributed by atoms with Crippen LogP contribution < -0.4 is 15.8 Å². The molecule has 1 amide bonds. The quantitative estimate of drug-likeness (QED) is 0.671. The maximum atomic E-state index is 12.8. The Morgan fingerprint density at radius 1 is 1.17 bits per heavy atom. The number of benzene rings is 2. The number of nitrogens with one attached hydrogen (secondary N) is 2. The van der Waals surface area contributed by atoms with Gasteiger partial charge in [-0.2, -0.15) is 0 Å². The number of carbonyl (C=O) groups is 1. The molecule has 0 aliphatic carbocycles. The number of nitrogens with zero attached hydrogens (tertiary/aromatic N) is 2. The van der Waals surface area contributed by atoms with Crippen LogP contribution in [0.4, 0.5) is 11.4 Å². The lowest BCUT2D eigenvalue weighted by Gasteiger charge is -2.41. The van der Waals surface area contributed by atoms with Crippen LogP contribution in [-0.4, -0.2) is 48.0 Å². The van der Waals surface area contributed by atoms with Crippen LogP contribution in [0.1, 0.15) is 12.5 Å². The van der Waals surface area contributed by atoms with Crippen LogP contribution in [-0.2, 0) is 4.79 Å². The predicted molar refractivity (Wildman–Crippen MR) is 123 cm³/mol. The third-order valence-electron chi connectivity index (χ3n) is 5.62. The molecule has 6 nitrogen and oxygen atoms in total. The summed E-state index contributed by atoms with van der Waals surface area (Å²) in [5.74, 6) is 0.0796. The van der Waals surface area contributed by atoms with Crippen molar-refractivity contribution in [3.05, 3.63) is 69.5 Å². The monoisotopic (exact) mass is 424 g/mol. The van der Waals surface area contributed by atoms with E-state index in [2.05, 4.69) is 28.2 Å². The van der Waals surface area contributed by atoms with E-state index in [4.69, 9.17) is 11.6 Å². The number of anilines is 2. The molecule has 0 saturated carbocycles. The molecule has 30 heavy (non-hydrogen) atoms.